The first-order valence-corrected chi connectivity index (χ1v) is 7.36. The Balaban J connectivity index is 2.35. The van der Waals surface area contributed by atoms with Gasteiger partial charge in [0.05, 0.1) is 17.8 Å². The van der Waals surface area contributed by atoms with Gasteiger partial charge in [0.1, 0.15) is 4.90 Å². The molecule has 0 aromatic heterocycles. The standard InChI is InChI=1S/C10H13BrN2O3S/c11-7-1-2-8(12)9(5-7)17(15,16)13-10(6-14)3-4-10/h1-2,5,13-14H,3-4,6,12H2. The van der Waals surface area contributed by atoms with Crippen molar-refractivity contribution >= 4 is 31.6 Å². The topological polar surface area (TPSA) is 92.4 Å². The van der Waals surface area contributed by atoms with E-state index < -0.39 is 15.6 Å². The zero-order valence-electron chi connectivity index (χ0n) is 8.98. The van der Waals surface area contributed by atoms with E-state index >= 15 is 0 Å². The number of anilines is 1. The SMILES string of the molecule is Nc1ccc(Br)cc1S(=O)(=O)NC1(CO)CC1. The van der Waals surface area contributed by atoms with Crippen molar-refractivity contribution in [2.75, 3.05) is 12.3 Å². The van der Waals surface area contributed by atoms with Crippen molar-refractivity contribution in [2.45, 2.75) is 23.3 Å². The lowest BCUT2D eigenvalue weighted by atomic mass is 10.3. The van der Waals surface area contributed by atoms with E-state index in [4.69, 9.17) is 10.8 Å². The smallest absolute Gasteiger partial charge is 0.243 e. The molecule has 1 aromatic carbocycles. The summed E-state index contributed by atoms with van der Waals surface area (Å²) in [5, 5.41) is 9.12. The van der Waals surface area contributed by atoms with Crippen LogP contribution in [0.1, 0.15) is 12.8 Å². The lowest BCUT2D eigenvalue weighted by Crippen LogP contribution is -2.39. The number of nitrogen functional groups attached to an aromatic ring is 1. The maximum atomic E-state index is 12.1. The second-order valence-corrected chi connectivity index (χ2v) is 6.79. The fourth-order valence-corrected chi connectivity index (χ4v) is 3.65. The van der Waals surface area contributed by atoms with Crippen LogP contribution in [-0.4, -0.2) is 25.7 Å². The number of hydrogen-bond acceptors (Lipinski definition) is 4. The molecule has 1 fully saturated rings. The van der Waals surface area contributed by atoms with Crippen molar-refractivity contribution < 1.29 is 13.5 Å². The Morgan fingerprint density at radius 3 is 2.65 bits per heavy atom. The molecule has 0 aliphatic heterocycles. The predicted molar refractivity (Wildman–Crippen MR) is 67.9 cm³/mol. The molecule has 1 saturated carbocycles. The molecule has 2 rings (SSSR count). The highest BCUT2D eigenvalue weighted by atomic mass is 79.9. The average molecular weight is 321 g/mol. The van der Waals surface area contributed by atoms with E-state index in [1.165, 1.54) is 12.1 Å². The zero-order chi connectivity index (χ0) is 12.7. The molecule has 0 bridgehead atoms. The summed E-state index contributed by atoms with van der Waals surface area (Å²) >= 11 is 3.20. The Morgan fingerprint density at radius 2 is 2.12 bits per heavy atom. The van der Waals surface area contributed by atoms with Crippen molar-refractivity contribution in [3.05, 3.63) is 22.7 Å². The summed E-state index contributed by atoms with van der Waals surface area (Å²) in [7, 11) is -3.69. The molecular formula is C10H13BrN2O3S. The molecule has 0 amide bonds. The number of nitrogens with two attached hydrogens (primary N) is 1. The number of hydrogen-bond donors (Lipinski definition) is 3. The van der Waals surface area contributed by atoms with Gasteiger partial charge < -0.3 is 10.8 Å². The number of nitrogens with one attached hydrogen (secondary N) is 1. The average Bonchev–Trinajstić information content (AvgIpc) is 3.01. The van der Waals surface area contributed by atoms with Crippen molar-refractivity contribution in [2.24, 2.45) is 0 Å². The van der Waals surface area contributed by atoms with Crippen LogP contribution in [0.3, 0.4) is 0 Å². The lowest BCUT2D eigenvalue weighted by Gasteiger charge is -2.15. The van der Waals surface area contributed by atoms with E-state index in [1.54, 1.807) is 6.07 Å². The third kappa shape index (κ3) is 2.62. The van der Waals surface area contributed by atoms with Gasteiger partial charge in [-0.25, -0.2) is 13.1 Å². The summed E-state index contributed by atoms with van der Waals surface area (Å²) < 4.78 is 27.3. The molecule has 94 valence electrons. The van der Waals surface area contributed by atoms with Crippen molar-refractivity contribution in [3.8, 4) is 0 Å². The fraction of sp³-hybridized carbons (Fsp3) is 0.400. The van der Waals surface area contributed by atoms with Crippen LogP contribution in [0.15, 0.2) is 27.6 Å². The summed E-state index contributed by atoms with van der Waals surface area (Å²) in [6.45, 7) is -0.194. The van der Waals surface area contributed by atoms with Gasteiger partial charge in [-0.1, -0.05) is 15.9 Å². The van der Waals surface area contributed by atoms with Gasteiger partial charge in [0.2, 0.25) is 10.0 Å². The minimum absolute atomic E-state index is 0.0339. The molecule has 4 N–H and O–H groups in total. The number of aliphatic hydroxyl groups is 1. The van der Waals surface area contributed by atoms with Gasteiger partial charge in [-0.2, -0.15) is 0 Å². The molecule has 17 heavy (non-hydrogen) atoms. The van der Waals surface area contributed by atoms with Crippen LogP contribution in [0, 0.1) is 0 Å². The first-order chi connectivity index (χ1) is 7.88. The second kappa shape index (κ2) is 4.24. The van der Waals surface area contributed by atoms with Crippen LogP contribution < -0.4 is 10.5 Å². The van der Waals surface area contributed by atoms with Crippen molar-refractivity contribution in [1.82, 2.24) is 4.72 Å². The summed E-state index contributed by atoms with van der Waals surface area (Å²) in [5.41, 5.74) is 5.16. The number of sulfonamides is 1. The number of rotatable bonds is 4. The van der Waals surface area contributed by atoms with Crippen molar-refractivity contribution in [3.63, 3.8) is 0 Å². The molecule has 1 aliphatic rings. The third-order valence-corrected chi connectivity index (χ3v) is 4.90. The summed E-state index contributed by atoms with van der Waals surface area (Å²) in [6.07, 6.45) is 1.30. The molecule has 1 aromatic rings. The van der Waals surface area contributed by atoms with Gasteiger partial charge in [0.15, 0.2) is 0 Å². The van der Waals surface area contributed by atoms with Crippen LogP contribution in [0.4, 0.5) is 5.69 Å². The highest BCUT2D eigenvalue weighted by Crippen LogP contribution is 2.37. The van der Waals surface area contributed by atoms with E-state index in [2.05, 4.69) is 20.7 Å². The largest absolute Gasteiger partial charge is 0.398 e. The molecule has 0 spiro atoms. The minimum atomic E-state index is -3.69. The van der Waals surface area contributed by atoms with Gasteiger partial charge in [0.25, 0.3) is 0 Å². The highest BCUT2D eigenvalue weighted by molar-refractivity contribution is 9.10. The number of benzene rings is 1. The molecule has 7 heteroatoms. The van der Waals surface area contributed by atoms with Gasteiger partial charge >= 0.3 is 0 Å². The van der Waals surface area contributed by atoms with Crippen molar-refractivity contribution in [1.29, 1.82) is 0 Å². The Morgan fingerprint density at radius 1 is 1.47 bits per heavy atom. The van der Waals surface area contributed by atoms with Crippen LogP contribution in [0.25, 0.3) is 0 Å². The Kier molecular flexibility index (Phi) is 3.19. The quantitative estimate of drug-likeness (QED) is 0.717. The van der Waals surface area contributed by atoms with E-state index in [-0.39, 0.29) is 17.2 Å². The van der Waals surface area contributed by atoms with Gasteiger partial charge in [-0.3, -0.25) is 0 Å². The van der Waals surface area contributed by atoms with E-state index in [9.17, 15) is 8.42 Å². The summed E-state index contributed by atoms with van der Waals surface area (Å²) in [6, 6.07) is 4.65. The summed E-state index contributed by atoms with van der Waals surface area (Å²) in [5.74, 6) is 0. The molecule has 0 unspecified atom stereocenters. The van der Waals surface area contributed by atoms with Crippen LogP contribution in [-0.2, 0) is 10.0 Å². The summed E-state index contributed by atoms with van der Waals surface area (Å²) in [4.78, 5) is 0.0339. The maximum absolute atomic E-state index is 12.1. The molecular weight excluding hydrogens is 308 g/mol. The van der Waals surface area contributed by atoms with Crippen LogP contribution >= 0.6 is 15.9 Å². The van der Waals surface area contributed by atoms with Gasteiger partial charge in [-0.05, 0) is 31.0 Å². The first kappa shape index (κ1) is 12.8. The number of aliphatic hydroxyl groups excluding tert-OH is 1. The first-order valence-electron chi connectivity index (χ1n) is 5.08. The molecule has 0 heterocycles. The van der Waals surface area contributed by atoms with Gasteiger partial charge in [-0.15, -0.1) is 0 Å². The Labute approximate surface area is 108 Å². The molecule has 1 aliphatic carbocycles. The third-order valence-electron chi connectivity index (χ3n) is 2.77. The van der Waals surface area contributed by atoms with E-state index in [1.807, 2.05) is 0 Å². The Hall–Kier alpha value is -0.630. The van der Waals surface area contributed by atoms with Crippen LogP contribution in [0.5, 0.6) is 0 Å². The maximum Gasteiger partial charge on any atom is 0.243 e. The van der Waals surface area contributed by atoms with E-state index in [0.29, 0.717) is 17.3 Å². The fourth-order valence-electron chi connectivity index (χ4n) is 1.52. The zero-order valence-corrected chi connectivity index (χ0v) is 11.4. The predicted octanol–water partition coefficient (Wildman–Crippen LogP) is 0.835. The monoisotopic (exact) mass is 320 g/mol. The Bertz CT molecular complexity index is 540. The highest BCUT2D eigenvalue weighted by Gasteiger charge is 2.45. The molecule has 5 nitrogen and oxygen atoms in total. The van der Waals surface area contributed by atoms with Gasteiger partial charge in [0, 0.05) is 4.47 Å². The normalized spacial score (nSPS) is 18.0. The lowest BCUT2D eigenvalue weighted by molar-refractivity contribution is 0.246. The molecule has 0 atom stereocenters. The van der Waals surface area contributed by atoms with E-state index in [0.717, 1.165) is 0 Å². The second-order valence-electron chi connectivity index (χ2n) is 4.23. The minimum Gasteiger partial charge on any atom is -0.398 e. The molecule has 0 radical (unpaired) electrons. The molecule has 0 saturated heterocycles. The number of halogens is 1. The van der Waals surface area contributed by atoms with Crippen LogP contribution in [0.2, 0.25) is 0 Å².